The van der Waals surface area contributed by atoms with Gasteiger partial charge < -0.3 is 15.3 Å². The first-order valence-electron chi connectivity index (χ1n) is 8.17. The summed E-state index contributed by atoms with van der Waals surface area (Å²) in [5, 5.41) is 13.2. The number of piperidine rings is 1. The highest BCUT2D eigenvalue weighted by atomic mass is 35.5. The molecule has 5 nitrogen and oxygen atoms in total. The number of hydrogen-bond donors (Lipinski definition) is 2. The smallest absolute Gasteiger partial charge is 0.317 e. The predicted molar refractivity (Wildman–Crippen MR) is 92.7 cm³/mol. The Balaban J connectivity index is 1.49. The molecule has 0 spiro atoms. The van der Waals surface area contributed by atoms with E-state index in [1.54, 1.807) is 11.0 Å². The second-order valence-electron chi connectivity index (χ2n) is 6.61. The first kappa shape index (κ1) is 17.4. The van der Waals surface area contributed by atoms with Crippen LogP contribution in [0.25, 0.3) is 0 Å². The number of rotatable bonds is 3. The Morgan fingerprint density at radius 3 is 2.62 bits per heavy atom. The van der Waals surface area contributed by atoms with Crippen LogP contribution in [0.3, 0.4) is 0 Å². The zero-order valence-electron chi connectivity index (χ0n) is 13.2. The monoisotopic (exact) mass is 370 g/mol. The van der Waals surface area contributed by atoms with Crippen molar-refractivity contribution in [3.63, 3.8) is 0 Å². The molecule has 0 aromatic heterocycles. The van der Waals surface area contributed by atoms with Gasteiger partial charge in [-0.05, 0) is 49.3 Å². The highest BCUT2D eigenvalue weighted by Crippen LogP contribution is 2.39. The van der Waals surface area contributed by atoms with Gasteiger partial charge in [-0.3, -0.25) is 4.79 Å². The van der Waals surface area contributed by atoms with Gasteiger partial charge in [0.1, 0.15) is 0 Å². The molecule has 1 aliphatic carbocycles. The van der Waals surface area contributed by atoms with E-state index in [1.165, 1.54) is 0 Å². The first-order chi connectivity index (χ1) is 11.4. The van der Waals surface area contributed by atoms with Gasteiger partial charge in [-0.15, -0.1) is 0 Å². The van der Waals surface area contributed by atoms with Crippen LogP contribution in [0.5, 0.6) is 0 Å². The lowest BCUT2D eigenvalue weighted by molar-refractivity contribution is -0.143. The summed E-state index contributed by atoms with van der Waals surface area (Å²) in [5.74, 6) is -0.899. The fourth-order valence-electron chi connectivity index (χ4n) is 3.40. The fourth-order valence-corrected chi connectivity index (χ4v) is 3.71. The summed E-state index contributed by atoms with van der Waals surface area (Å²) < 4.78 is 0. The van der Waals surface area contributed by atoms with Gasteiger partial charge in [0.15, 0.2) is 0 Å². The number of carboxylic acids is 1. The summed E-state index contributed by atoms with van der Waals surface area (Å²) in [4.78, 5) is 25.0. The van der Waals surface area contributed by atoms with Gasteiger partial charge >= 0.3 is 12.0 Å². The third-order valence-corrected chi connectivity index (χ3v) is 5.68. The van der Waals surface area contributed by atoms with Gasteiger partial charge in [0.25, 0.3) is 0 Å². The second-order valence-corrected chi connectivity index (χ2v) is 7.43. The van der Waals surface area contributed by atoms with Gasteiger partial charge in [-0.2, -0.15) is 0 Å². The Hall–Kier alpha value is -1.46. The van der Waals surface area contributed by atoms with Gasteiger partial charge in [0, 0.05) is 19.1 Å². The third-order valence-electron chi connectivity index (χ3n) is 4.94. The molecule has 2 amide bonds. The number of carbonyl (C=O) groups is 2. The van der Waals surface area contributed by atoms with Gasteiger partial charge in [-0.1, -0.05) is 29.3 Å². The molecule has 0 bridgehead atoms. The number of likely N-dealkylation sites (tertiary alicyclic amines) is 1. The summed E-state index contributed by atoms with van der Waals surface area (Å²) in [6, 6.07) is 5.62. The molecule has 1 unspecified atom stereocenters. The molecular weight excluding hydrogens is 351 g/mol. The molecule has 3 rings (SSSR count). The van der Waals surface area contributed by atoms with Crippen LogP contribution in [-0.2, 0) is 4.79 Å². The van der Waals surface area contributed by atoms with E-state index >= 15 is 0 Å². The molecule has 1 heterocycles. The number of halogens is 2. The quantitative estimate of drug-likeness (QED) is 0.850. The SMILES string of the molecule is O=C(O)C1CCCN(C(=O)NC2CC(c3ccc(Cl)c(Cl)c3)C2)C1. The van der Waals surface area contributed by atoms with Crippen LogP contribution in [-0.4, -0.2) is 41.1 Å². The fraction of sp³-hybridized carbons (Fsp3) is 0.529. The zero-order chi connectivity index (χ0) is 17.3. The van der Waals surface area contributed by atoms with Crippen LogP contribution in [0.4, 0.5) is 4.79 Å². The molecular formula is C17H20Cl2N2O3. The standard InChI is InChI=1S/C17H20Cl2N2O3/c18-14-4-3-10(8-15(14)19)12-6-13(7-12)20-17(24)21-5-1-2-11(9-21)16(22)23/h3-4,8,11-13H,1-2,5-7,9H2,(H,20,24)(H,22,23). The summed E-state index contributed by atoms with van der Waals surface area (Å²) in [7, 11) is 0. The van der Waals surface area contributed by atoms with Crippen molar-refractivity contribution in [2.24, 2.45) is 5.92 Å². The van der Waals surface area contributed by atoms with E-state index < -0.39 is 11.9 Å². The molecule has 1 aromatic carbocycles. The van der Waals surface area contributed by atoms with E-state index in [-0.39, 0.29) is 12.1 Å². The minimum atomic E-state index is -0.823. The highest BCUT2D eigenvalue weighted by Gasteiger charge is 2.34. The van der Waals surface area contributed by atoms with E-state index in [0.29, 0.717) is 35.5 Å². The maximum atomic E-state index is 12.3. The van der Waals surface area contributed by atoms with Crippen molar-refractivity contribution < 1.29 is 14.7 Å². The number of benzene rings is 1. The Morgan fingerprint density at radius 2 is 1.96 bits per heavy atom. The molecule has 24 heavy (non-hydrogen) atoms. The summed E-state index contributed by atoms with van der Waals surface area (Å²) >= 11 is 12.0. The van der Waals surface area contributed by atoms with E-state index in [2.05, 4.69) is 5.32 Å². The molecule has 2 fully saturated rings. The molecule has 1 atom stereocenters. The molecule has 0 radical (unpaired) electrons. The van der Waals surface area contributed by atoms with Crippen LogP contribution >= 0.6 is 23.2 Å². The molecule has 2 N–H and O–H groups in total. The summed E-state index contributed by atoms with van der Waals surface area (Å²) in [6.07, 6.45) is 3.10. The topological polar surface area (TPSA) is 69.6 Å². The van der Waals surface area contributed by atoms with Crippen LogP contribution in [0.1, 0.15) is 37.2 Å². The van der Waals surface area contributed by atoms with E-state index in [4.69, 9.17) is 28.3 Å². The molecule has 2 aliphatic rings. The number of hydrogen-bond acceptors (Lipinski definition) is 2. The Kier molecular flexibility index (Phi) is 5.21. The van der Waals surface area contributed by atoms with Crippen molar-refractivity contribution in [1.82, 2.24) is 10.2 Å². The van der Waals surface area contributed by atoms with E-state index in [1.807, 2.05) is 12.1 Å². The predicted octanol–water partition coefficient (Wildman–Crippen LogP) is 3.75. The van der Waals surface area contributed by atoms with E-state index in [0.717, 1.165) is 24.8 Å². The van der Waals surface area contributed by atoms with Crippen molar-refractivity contribution in [1.29, 1.82) is 0 Å². The average Bonchev–Trinajstić information content (AvgIpc) is 2.53. The van der Waals surface area contributed by atoms with Crippen molar-refractivity contribution in [2.45, 2.75) is 37.6 Å². The van der Waals surface area contributed by atoms with Crippen LogP contribution < -0.4 is 5.32 Å². The Labute approximate surface area is 150 Å². The maximum Gasteiger partial charge on any atom is 0.317 e. The number of nitrogens with zero attached hydrogens (tertiary/aromatic N) is 1. The minimum Gasteiger partial charge on any atom is -0.481 e. The number of carboxylic acid groups (broad SMARTS) is 1. The van der Waals surface area contributed by atoms with Crippen LogP contribution in [0.15, 0.2) is 18.2 Å². The molecule has 1 saturated heterocycles. The molecule has 7 heteroatoms. The largest absolute Gasteiger partial charge is 0.481 e. The number of nitrogens with one attached hydrogen (secondary N) is 1. The number of aliphatic carboxylic acids is 1. The summed E-state index contributed by atoms with van der Waals surface area (Å²) in [5.41, 5.74) is 1.14. The lowest BCUT2D eigenvalue weighted by atomic mass is 9.76. The van der Waals surface area contributed by atoms with Gasteiger partial charge in [-0.25, -0.2) is 4.79 Å². The molecule has 1 aliphatic heterocycles. The normalized spacial score (nSPS) is 26.6. The summed E-state index contributed by atoms with van der Waals surface area (Å²) in [6.45, 7) is 0.919. The maximum absolute atomic E-state index is 12.3. The number of amides is 2. The third kappa shape index (κ3) is 3.78. The van der Waals surface area contributed by atoms with Crippen molar-refractivity contribution in [2.75, 3.05) is 13.1 Å². The van der Waals surface area contributed by atoms with Gasteiger partial charge in [0.05, 0.1) is 16.0 Å². The van der Waals surface area contributed by atoms with Crippen molar-refractivity contribution in [3.05, 3.63) is 33.8 Å². The van der Waals surface area contributed by atoms with Crippen LogP contribution in [0, 0.1) is 5.92 Å². The van der Waals surface area contributed by atoms with Gasteiger partial charge in [0.2, 0.25) is 0 Å². The van der Waals surface area contributed by atoms with Crippen LogP contribution in [0.2, 0.25) is 10.0 Å². The average molecular weight is 371 g/mol. The number of urea groups is 1. The van der Waals surface area contributed by atoms with Crippen molar-refractivity contribution in [3.8, 4) is 0 Å². The lowest BCUT2D eigenvalue weighted by Crippen LogP contribution is -2.52. The first-order valence-corrected chi connectivity index (χ1v) is 8.93. The Bertz CT molecular complexity index is 647. The number of carbonyl (C=O) groups excluding carboxylic acids is 1. The van der Waals surface area contributed by atoms with E-state index in [9.17, 15) is 9.59 Å². The van der Waals surface area contributed by atoms with Crippen molar-refractivity contribution >= 4 is 35.2 Å². The second kappa shape index (κ2) is 7.19. The minimum absolute atomic E-state index is 0.127. The molecule has 130 valence electrons. The lowest BCUT2D eigenvalue weighted by Gasteiger charge is -2.39. The highest BCUT2D eigenvalue weighted by molar-refractivity contribution is 6.42. The Morgan fingerprint density at radius 1 is 1.21 bits per heavy atom. The molecule has 1 aromatic rings. The molecule has 1 saturated carbocycles. The zero-order valence-corrected chi connectivity index (χ0v) is 14.7.